The van der Waals surface area contributed by atoms with Crippen LogP contribution in [0.25, 0.3) is 0 Å². The third-order valence-electron chi connectivity index (χ3n) is 8.99. The van der Waals surface area contributed by atoms with Crippen LogP contribution in [0.1, 0.15) is 48.8 Å². The highest BCUT2D eigenvalue weighted by Crippen LogP contribution is 2.56. The predicted molar refractivity (Wildman–Crippen MR) is 125 cm³/mol. The number of phenols is 1. The number of benzene rings is 1. The Morgan fingerprint density at radius 1 is 1.00 bits per heavy atom. The van der Waals surface area contributed by atoms with Crippen LogP contribution in [0, 0.1) is 5.92 Å². The van der Waals surface area contributed by atoms with E-state index in [1.807, 2.05) is 24.5 Å². The second-order valence-electron chi connectivity index (χ2n) is 10.7. The number of hydrogen-bond donors (Lipinski definition) is 2. The highest BCUT2D eigenvalue weighted by Gasteiger charge is 2.63. The Morgan fingerprint density at radius 2 is 1.78 bits per heavy atom. The summed E-state index contributed by atoms with van der Waals surface area (Å²) in [6.07, 6.45) is 11.1. The first-order valence-corrected chi connectivity index (χ1v) is 12.5. The van der Waals surface area contributed by atoms with Gasteiger partial charge in [-0.1, -0.05) is 6.07 Å². The van der Waals surface area contributed by atoms with Crippen molar-refractivity contribution in [3.05, 3.63) is 59.4 Å². The molecular weight excluding hydrogens is 398 g/mol. The Labute approximate surface area is 191 Å². The molecule has 3 atom stereocenters. The summed E-state index contributed by atoms with van der Waals surface area (Å²) in [5, 5.41) is 22.9. The van der Waals surface area contributed by atoms with E-state index in [-0.39, 0.29) is 11.5 Å². The van der Waals surface area contributed by atoms with Gasteiger partial charge >= 0.3 is 0 Å². The molecule has 2 aliphatic carbocycles. The van der Waals surface area contributed by atoms with Gasteiger partial charge in [0.05, 0.1) is 5.60 Å². The van der Waals surface area contributed by atoms with Crippen molar-refractivity contribution in [3.8, 4) is 5.75 Å². The molecule has 1 saturated carbocycles. The molecular formula is C27H35N3O2. The number of aromatic hydroxyl groups is 1. The van der Waals surface area contributed by atoms with Crippen molar-refractivity contribution in [2.24, 2.45) is 5.92 Å². The molecule has 6 rings (SSSR count). The average Bonchev–Trinajstić information content (AvgIpc) is 3.63. The predicted octanol–water partition coefficient (Wildman–Crippen LogP) is 3.14. The van der Waals surface area contributed by atoms with E-state index in [1.165, 1.54) is 29.5 Å². The van der Waals surface area contributed by atoms with Gasteiger partial charge in [-0.25, -0.2) is 0 Å². The molecule has 3 fully saturated rings. The molecule has 5 nitrogen and oxygen atoms in total. The topological polar surface area (TPSA) is 59.8 Å². The monoisotopic (exact) mass is 433 g/mol. The SMILES string of the molecule is Oc1ccc2c(c1)[C@@]13CCN(CCc4ccncc4)CC[C@@]1(O)[C@@H](C2)N(CC1CC1)CC3. The summed E-state index contributed by atoms with van der Waals surface area (Å²) < 4.78 is 0. The molecule has 4 aliphatic rings. The maximum Gasteiger partial charge on any atom is 0.115 e. The summed E-state index contributed by atoms with van der Waals surface area (Å²) in [7, 11) is 0. The van der Waals surface area contributed by atoms with Crippen LogP contribution in [-0.4, -0.2) is 69.4 Å². The number of piperidine rings is 1. The Morgan fingerprint density at radius 3 is 2.59 bits per heavy atom. The molecule has 5 heteroatoms. The molecule has 32 heavy (non-hydrogen) atoms. The van der Waals surface area contributed by atoms with E-state index in [1.54, 1.807) is 0 Å². The standard InChI is InChI=1S/C27H35N3O2/c31-23-4-3-22-17-25-27(32)10-15-29(13-7-20-5-11-28-12-6-20)14-8-26(27,24(22)18-23)9-16-30(25)19-21-1-2-21/h3-6,11-12,18,21,25,31-32H,1-2,7-10,13-17,19H2/t25-,26+,27-/m1/s1. The zero-order chi connectivity index (χ0) is 21.8. The van der Waals surface area contributed by atoms with E-state index in [0.29, 0.717) is 5.75 Å². The Hall–Kier alpha value is -1.95. The lowest BCUT2D eigenvalue weighted by Gasteiger charge is -2.61. The molecule has 0 amide bonds. The van der Waals surface area contributed by atoms with Gasteiger partial charge in [0.1, 0.15) is 5.75 Å². The van der Waals surface area contributed by atoms with E-state index in [0.717, 1.165) is 70.7 Å². The first-order chi connectivity index (χ1) is 15.6. The molecule has 2 bridgehead atoms. The van der Waals surface area contributed by atoms with Crippen LogP contribution in [0.3, 0.4) is 0 Å². The van der Waals surface area contributed by atoms with Crippen molar-refractivity contribution in [2.45, 2.75) is 62.0 Å². The highest BCUT2D eigenvalue weighted by atomic mass is 16.3. The second-order valence-corrected chi connectivity index (χ2v) is 10.7. The number of nitrogens with zero attached hydrogens (tertiary/aromatic N) is 3. The van der Waals surface area contributed by atoms with E-state index in [2.05, 4.69) is 33.0 Å². The van der Waals surface area contributed by atoms with Crippen molar-refractivity contribution in [1.29, 1.82) is 0 Å². The van der Waals surface area contributed by atoms with Gasteiger partial charge in [-0.05, 0) is 105 Å². The summed E-state index contributed by atoms with van der Waals surface area (Å²) in [5.74, 6) is 1.16. The maximum absolute atomic E-state index is 12.5. The van der Waals surface area contributed by atoms with E-state index >= 15 is 0 Å². The quantitative estimate of drug-likeness (QED) is 0.759. The fraction of sp³-hybridized carbons (Fsp3) is 0.593. The fourth-order valence-electron chi connectivity index (χ4n) is 6.97. The van der Waals surface area contributed by atoms with Gasteiger partial charge in [0.15, 0.2) is 0 Å². The molecule has 0 spiro atoms. The number of aliphatic hydroxyl groups is 1. The van der Waals surface area contributed by atoms with Crippen LogP contribution in [0.5, 0.6) is 5.75 Å². The number of phenolic OH excluding ortho intramolecular Hbond substituents is 1. The van der Waals surface area contributed by atoms with Crippen LogP contribution < -0.4 is 0 Å². The zero-order valence-electron chi connectivity index (χ0n) is 18.9. The number of rotatable bonds is 5. The lowest BCUT2D eigenvalue weighted by molar-refractivity contribution is -0.149. The van der Waals surface area contributed by atoms with Crippen molar-refractivity contribution >= 4 is 0 Å². The maximum atomic E-state index is 12.5. The largest absolute Gasteiger partial charge is 0.508 e. The van der Waals surface area contributed by atoms with Gasteiger partial charge in [-0.15, -0.1) is 0 Å². The van der Waals surface area contributed by atoms with Crippen LogP contribution in [0.4, 0.5) is 0 Å². The van der Waals surface area contributed by atoms with Gasteiger partial charge in [0, 0.05) is 43.5 Å². The molecule has 1 aromatic heterocycles. The molecule has 170 valence electrons. The summed E-state index contributed by atoms with van der Waals surface area (Å²) in [4.78, 5) is 9.31. The summed E-state index contributed by atoms with van der Waals surface area (Å²) >= 11 is 0. The van der Waals surface area contributed by atoms with Gasteiger partial charge in [0.2, 0.25) is 0 Å². The molecule has 2 N–H and O–H groups in total. The average molecular weight is 434 g/mol. The molecule has 2 saturated heterocycles. The normalized spacial score (nSPS) is 32.7. The fourth-order valence-corrected chi connectivity index (χ4v) is 6.97. The molecule has 2 aromatic rings. The van der Waals surface area contributed by atoms with Crippen LogP contribution in [0.2, 0.25) is 0 Å². The summed E-state index contributed by atoms with van der Waals surface area (Å²) in [5.41, 5.74) is 2.90. The van der Waals surface area contributed by atoms with Gasteiger partial charge < -0.3 is 15.1 Å². The lowest BCUT2D eigenvalue weighted by Crippen LogP contribution is -2.71. The van der Waals surface area contributed by atoms with Crippen molar-refractivity contribution in [3.63, 3.8) is 0 Å². The molecule has 1 aromatic carbocycles. The van der Waals surface area contributed by atoms with Gasteiger partial charge in [-0.2, -0.15) is 0 Å². The Balaban J connectivity index is 1.31. The van der Waals surface area contributed by atoms with Crippen molar-refractivity contribution in [1.82, 2.24) is 14.8 Å². The third kappa shape index (κ3) is 3.37. The minimum atomic E-state index is -0.730. The van der Waals surface area contributed by atoms with Gasteiger partial charge in [-0.3, -0.25) is 9.88 Å². The lowest BCUT2D eigenvalue weighted by atomic mass is 9.52. The molecule has 0 radical (unpaired) electrons. The molecule has 0 unspecified atom stereocenters. The number of aromatic nitrogens is 1. The van der Waals surface area contributed by atoms with E-state index in [9.17, 15) is 10.2 Å². The van der Waals surface area contributed by atoms with Crippen LogP contribution in [-0.2, 0) is 18.3 Å². The first kappa shape index (κ1) is 20.6. The zero-order valence-corrected chi connectivity index (χ0v) is 18.9. The number of hydrogen-bond acceptors (Lipinski definition) is 5. The minimum absolute atomic E-state index is 0.189. The van der Waals surface area contributed by atoms with E-state index in [4.69, 9.17) is 0 Å². The summed E-state index contributed by atoms with van der Waals surface area (Å²) in [6, 6.07) is 10.3. The van der Waals surface area contributed by atoms with Crippen molar-refractivity contribution in [2.75, 3.05) is 32.7 Å². The number of likely N-dealkylation sites (tertiary alicyclic amines) is 2. The number of pyridine rings is 1. The van der Waals surface area contributed by atoms with Crippen LogP contribution >= 0.6 is 0 Å². The first-order valence-electron chi connectivity index (χ1n) is 12.5. The smallest absolute Gasteiger partial charge is 0.115 e. The van der Waals surface area contributed by atoms with E-state index < -0.39 is 5.60 Å². The molecule has 2 aliphatic heterocycles. The minimum Gasteiger partial charge on any atom is -0.508 e. The van der Waals surface area contributed by atoms with Crippen LogP contribution in [0.15, 0.2) is 42.7 Å². The summed E-state index contributed by atoms with van der Waals surface area (Å²) in [6.45, 7) is 5.15. The molecule has 3 heterocycles. The second kappa shape index (κ2) is 7.82. The highest BCUT2D eigenvalue weighted by molar-refractivity contribution is 5.48. The third-order valence-corrected chi connectivity index (χ3v) is 8.99. The van der Waals surface area contributed by atoms with Gasteiger partial charge in [0.25, 0.3) is 0 Å². The van der Waals surface area contributed by atoms with Crippen molar-refractivity contribution < 1.29 is 10.2 Å². The number of fused-ring (bicyclic) bond motifs is 1. The Bertz CT molecular complexity index is 978. The Kier molecular flexibility index (Phi) is 5.05.